The summed E-state index contributed by atoms with van der Waals surface area (Å²) in [5.41, 5.74) is 6.89. The Morgan fingerprint density at radius 1 is 0.842 bits per heavy atom. The second-order valence-corrected chi connectivity index (χ2v) is 5.23. The monoisotopic (exact) mass is 262 g/mol. The van der Waals surface area contributed by atoms with Crippen LogP contribution in [0.4, 0.5) is 5.69 Å². The molecule has 0 aromatic heterocycles. The predicted molar refractivity (Wildman–Crippen MR) is 85.7 cm³/mol. The van der Waals surface area contributed by atoms with Gasteiger partial charge in [0.1, 0.15) is 0 Å². The van der Waals surface area contributed by atoms with Gasteiger partial charge in [-0.2, -0.15) is 0 Å². The Hall–Kier alpha value is -1.02. The minimum Gasteiger partial charge on any atom is -0.372 e. The van der Waals surface area contributed by atoms with Gasteiger partial charge in [0.15, 0.2) is 0 Å². The van der Waals surface area contributed by atoms with Gasteiger partial charge < -0.3 is 10.6 Å². The SMILES string of the molecule is CCCCN(CCCCCCCN)c1ccccc1. The van der Waals surface area contributed by atoms with Crippen molar-refractivity contribution in [2.24, 2.45) is 5.73 Å². The lowest BCUT2D eigenvalue weighted by atomic mass is 10.1. The normalized spacial score (nSPS) is 10.6. The van der Waals surface area contributed by atoms with E-state index in [4.69, 9.17) is 5.73 Å². The van der Waals surface area contributed by atoms with Crippen molar-refractivity contribution in [3.8, 4) is 0 Å². The van der Waals surface area contributed by atoms with Crippen LogP contribution in [0.1, 0.15) is 51.9 Å². The van der Waals surface area contributed by atoms with E-state index in [2.05, 4.69) is 42.2 Å². The fourth-order valence-corrected chi connectivity index (χ4v) is 2.34. The molecule has 0 saturated carbocycles. The van der Waals surface area contributed by atoms with Crippen molar-refractivity contribution in [1.29, 1.82) is 0 Å². The molecule has 0 aliphatic carbocycles. The average molecular weight is 262 g/mol. The number of nitrogens with two attached hydrogens (primary N) is 1. The Labute approximate surface area is 119 Å². The second kappa shape index (κ2) is 10.9. The van der Waals surface area contributed by atoms with Crippen molar-refractivity contribution >= 4 is 5.69 Å². The summed E-state index contributed by atoms with van der Waals surface area (Å²) in [4.78, 5) is 2.53. The highest BCUT2D eigenvalue weighted by atomic mass is 15.1. The molecule has 108 valence electrons. The molecule has 0 saturated heterocycles. The van der Waals surface area contributed by atoms with Crippen LogP contribution >= 0.6 is 0 Å². The smallest absolute Gasteiger partial charge is 0.0366 e. The van der Waals surface area contributed by atoms with Gasteiger partial charge in [-0.15, -0.1) is 0 Å². The van der Waals surface area contributed by atoms with Crippen LogP contribution in [0.5, 0.6) is 0 Å². The molecule has 2 nitrogen and oxygen atoms in total. The van der Waals surface area contributed by atoms with Crippen molar-refractivity contribution < 1.29 is 0 Å². The number of nitrogens with zero attached hydrogens (tertiary/aromatic N) is 1. The van der Waals surface area contributed by atoms with Gasteiger partial charge in [0.25, 0.3) is 0 Å². The first kappa shape index (κ1) is 16.0. The van der Waals surface area contributed by atoms with E-state index in [1.165, 1.54) is 63.7 Å². The number of hydrogen-bond donors (Lipinski definition) is 1. The molecule has 0 fully saturated rings. The molecule has 0 atom stereocenters. The molecule has 2 N–H and O–H groups in total. The highest BCUT2D eigenvalue weighted by Gasteiger charge is 2.04. The van der Waals surface area contributed by atoms with Crippen molar-refractivity contribution in [3.63, 3.8) is 0 Å². The third-order valence-electron chi connectivity index (χ3n) is 3.54. The number of unbranched alkanes of at least 4 members (excludes halogenated alkanes) is 5. The Morgan fingerprint density at radius 2 is 1.47 bits per heavy atom. The number of hydrogen-bond acceptors (Lipinski definition) is 2. The van der Waals surface area contributed by atoms with Crippen molar-refractivity contribution in [2.75, 3.05) is 24.5 Å². The maximum Gasteiger partial charge on any atom is 0.0366 e. The minimum absolute atomic E-state index is 0.840. The topological polar surface area (TPSA) is 29.3 Å². The summed E-state index contributed by atoms with van der Waals surface area (Å²) in [7, 11) is 0. The molecule has 0 aliphatic heterocycles. The summed E-state index contributed by atoms with van der Waals surface area (Å²) in [6.07, 6.45) is 8.96. The highest BCUT2D eigenvalue weighted by molar-refractivity contribution is 5.45. The van der Waals surface area contributed by atoms with Crippen LogP contribution in [0.3, 0.4) is 0 Å². The van der Waals surface area contributed by atoms with E-state index < -0.39 is 0 Å². The number of benzene rings is 1. The van der Waals surface area contributed by atoms with Crippen LogP contribution in [-0.2, 0) is 0 Å². The summed E-state index contributed by atoms with van der Waals surface area (Å²) < 4.78 is 0. The average Bonchev–Trinajstić information content (AvgIpc) is 2.46. The molecule has 0 heterocycles. The van der Waals surface area contributed by atoms with E-state index in [0.29, 0.717) is 0 Å². The molecule has 0 aliphatic rings. The molecular weight excluding hydrogens is 232 g/mol. The lowest BCUT2D eigenvalue weighted by Gasteiger charge is -2.24. The third kappa shape index (κ3) is 7.22. The third-order valence-corrected chi connectivity index (χ3v) is 3.54. The molecule has 2 heteroatoms. The second-order valence-electron chi connectivity index (χ2n) is 5.23. The largest absolute Gasteiger partial charge is 0.372 e. The van der Waals surface area contributed by atoms with E-state index in [-0.39, 0.29) is 0 Å². The molecule has 0 bridgehead atoms. The summed E-state index contributed by atoms with van der Waals surface area (Å²) in [5.74, 6) is 0. The maximum absolute atomic E-state index is 5.51. The molecule has 0 radical (unpaired) electrons. The lowest BCUT2D eigenvalue weighted by molar-refractivity contribution is 0.601. The molecular formula is C17H30N2. The number of para-hydroxylation sites is 1. The van der Waals surface area contributed by atoms with Crippen LogP contribution < -0.4 is 10.6 Å². The van der Waals surface area contributed by atoms with Gasteiger partial charge in [-0.05, 0) is 37.9 Å². The molecule has 19 heavy (non-hydrogen) atoms. The predicted octanol–water partition coefficient (Wildman–Crippen LogP) is 4.20. The zero-order chi connectivity index (χ0) is 13.8. The lowest BCUT2D eigenvalue weighted by Crippen LogP contribution is -2.25. The van der Waals surface area contributed by atoms with Gasteiger partial charge in [-0.1, -0.05) is 50.8 Å². The molecule has 1 aromatic rings. The van der Waals surface area contributed by atoms with E-state index in [1.54, 1.807) is 0 Å². The first-order valence-electron chi connectivity index (χ1n) is 7.88. The maximum atomic E-state index is 5.51. The Kier molecular flexibility index (Phi) is 9.17. The van der Waals surface area contributed by atoms with Gasteiger partial charge >= 0.3 is 0 Å². The Morgan fingerprint density at radius 3 is 2.16 bits per heavy atom. The van der Waals surface area contributed by atoms with E-state index in [0.717, 1.165) is 6.54 Å². The molecule has 1 rings (SSSR count). The zero-order valence-corrected chi connectivity index (χ0v) is 12.5. The van der Waals surface area contributed by atoms with Gasteiger partial charge in [0.2, 0.25) is 0 Å². The van der Waals surface area contributed by atoms with Crippen LogP contribution in [0.25, 0.3) is 0 Å². The highest BCUT2D eigenvalue weighted by Crippen LogP contribution is 2.15. The molecule has 0 spiro atoms. The van der Waals surface area contributed by atoms with Crippen molar-refractivity contribution in [2.45, 2.75) is 51.9 Å². The molecule has 0 unspecified atom stereocenters. The van der Waals surface area contributed by atoms with Crippen LogP contribution in [0, 0.1) is 0 Å². The summed E-state index contributed by atoms with van der Waals surface area (Å²) in [6, 6.07) is 10.8. The summed E-state index contributed by atoms with van der Waals surface area (Å²) in [5, 5.41) is 0. The summed E-state index contributed by atoms with van der Waals surface area (Å²) in [6.45, 7) is 5.47. The quantitative estimate of drug-likeness (QED) is 0.606. The summed E-state index contributed by atoms with van der Waals surface area (Å²) >= 11 is 0. The van der Waals surface area contributed by atoms with Gasteiger partial charge in [-0.25, -0.2) is 0 Å². The van der Waals surface area contributed by atoms with Crippen molar-refractivity contribution in [3.05, 3.63) is 30.3 Å². The van der Waals surface area contributed by atoms with Crippen LogP contribution in [0.15, 0.2) is 30.3 Å². The number of anilines is 1. The van der Waals surface area contributed by atoms with Gasteiger partial charge in [0.05, 0.1) is 0 Å². The number of rotatable bonds is 11. The first-order chi connectivity index (χ1) is 9.38. The van der Waals surface area contributed by atoms with E-state index in [1.807, 2.05) is 0 Å². The van der Waals surface area contributed by atoms with Gasteiger partial charge in [0, 0.05) is 18.8 Å². The minimum atomic E-state index is 0.840. The van der Waals surface area contributed by atoms with Crippen LogP contribution in [0.2, 0.25) is 0 Å². The first-order valence-corrected chi connectivity index (χ1v) is 7.88. The molecule has 1 aromatic carbocycles. The standard InChI is InChI=1S/C17H30N2/c1-2-3-15-19(17-12-8-7-9-13-17)16-11-6-4-5-10-14-18/h7-9,12-13H,2-6,10-11,14-16,18H2,1H3. The van der Waals surface area contributed by atoms with E-state index >= 15 is 0 Å². The molecule has 0 amide bonds. The van der Waals surface area contributed by atoms with Crippen LogP contribution in [-0.4, -0.2) is 19.6 Å². The fraction of sp³-hybridized carbons (Fsp3) is 0.647. The zero-order valence-electron chi connectivity index (χ0n) is 12.5. The Bertz CT molecular complexity index is 297. The van der Waals surface area contributed by atoms with Gasteiger partial charge in [-0.3, -0.25) is 0 Å². The Balaban J connectivity index is 2.30. The fourth-order valence-electron chi connectivity index (χ4n) is 2.34. The van der Waals surface area contributed by atoms with E-state index in [9.17, 15) is 0 Å². The van der Waals surface area contributed by atoms with Crippen molar-refractivity contribution in [1.82, 2.24) is 0 Å².